The Morgan fingerprint density at radius 3 is 1.75 bits per heavy atom. The summed E-state index contributed by atoms with van der Waals surface area (Å²) in [6.45, 7) is 8.06. The highest BCUT2D eigenvalue weighted by molar-refractivity contribution is 7.67. The highest BCUT2D eigenvalue weighted by Crippen LogP contribution is 2.16. The molecule has 0 radical (unpaired) electrons. The summed E-state index contributed by atoms with van der Waals surface area (Å²) < 4.78 is 10.2. The lowest BCUT2D eigenvalue weighted by Gasteiger charge is -2.07. The van der Waals surface area contributed by atoms with Crippen molar-refractivity contribution < 1.29 is 4.21 Å². The van der Waals surface area contributed by atoms with E-state index in [9.17, 15) is 4.21 Å². The molecule has 0 saturated carbocycles. The zero-order valence-corrected chi connectivity index (χ0v) is 6.71. The lowest BCUT2D eigenvalue weighted by molar-refractivity contribution is 0.481. The van der Waals surface area contributed by atoms with Crippen LogP contribution >= 0.6 is 0 Å². The summed E-state index contributed by atoms with van der Waals surface area (Å²) in [6.07, 6.45) is 0. The van der Waals surface area contributed by atoms with Crippen molar-refractivity contribution in [3.63, 3.8) is 0 Å². The molecule has 0 aliphatic heterocycles. The minimum absolute atomic E-state index is 0.0972. The topological polar surface area (TPSA) is 17.1 Å². The lowest BCUT2D eigenvalue weighted by Crippen LogP contribution is -2.25. The highest BCUT2D eigenvalue weighted by Gasteiger charge is 2.36. The van der Waals surface area contributed by atoms with Gasteiger partial charge in [-0.15, -0.1) is 0 Å². The molecule has 48 valence electrons. The highest BCUT2D eigenvalue weighted by atomic mass is 32.1. The lowest BCUT2D eigenvalue weighted by atomic mass is 10.00. The summed E-state index contributed by atoms with van der Waals surface area (Å²) in [5, 5.41) is 0. The molecule has 0 aromatic carbocycles. The third kappa shape index (κ3) is 1.86. The quantitative estimate of drug-likeness (QED) is 0.525. The van der Waals surface area contributed by atoms with E-state index in [1.807, 2.05) is 13.8 Å². The van der Waals surface area contributed by atoms with Gasteiger partial charge in [0.1, 0.15) is 0 Å². The molecule has 0 bridgehead atoms. The fourth-order valence-corrected chi connectivity index (χ4v) is 0.289. The second-order valence-electron chi connectivity index (χ2n) is 2.84. The van der Waals surface area contributed by atoms with E-state index in [4.69, 9.17) is 0 Å². The molecule has 0 rings (SSSR count). The van der Waals surface area contributed by atoms with Gasteiger partial charge in [0.2, 0.25) is 4.75 Å². The molecule has 0 aromatic heterocycles. The van der Waals surface area contributed by atoms with Gasteiger partial charge in [0.25, 0.3) is 0 Å². The second kappa shape index (κ2) is 2.53. The average Bonchev–Trinajstić information content (AvgIpc) is 1.67. The van der Waals surface area contributed by atoms with Crippen molar-refractivity contribution in [2.75, 3.05) is 0 Å². The standard InChI is InChI=1S/C6H13OS/c1-5(2)6(3,4)8-7/h5H,1-4H3/q+1. The maximum Gasteiger partial charge on any atom is 0.465 e. The summed E-state index contributed by atoms with van der Waals surface area (Å²) in [4.78, 5) is 0. The predicted octanol–water partition coefficient (Wildman–Crippen LogP) is 1.85. The molecule has 0 atom stereocenters. The first-order valence-electron chi connectivity index (χ1n) is 2.81. The largest absolute Gasteiger partial charge is 0.465 e. The van der Waals surface area contributed by atoms with Crippen LogP contribution in [0.2, 0.25) is 0 Å². The van der Waals surface area contributed by atoms with Gasteiger partial charge >= 0.3 is 11.7 Å². The third-order valence-electron chi connectivity index (χ3n) is 1.61. The molecule has 8 heavy (non-hydrogen) atoms. The van der Waals surface area contributed by atoms with Gasteiger partial charge in [-0.3, -0.25) is 0 Å². The van der Waals surface area contributed by atoms with E-state index in [1.54, 1.807) is 0 Å². The van der Waals surface area contributed by atoms with Gasteiger partial charge in [-0.1, -0.05) is 13.8 Å². The zero-order valence-electron chi connectivity index (χ0n) is 5.89. The van der Waals surface area contributed by atoms with Gasteiger partial charge in [-0.05, 0) is 0 Å². The third-order valence-corrected chi connectivity index (χ3v) is 2.51. The molecule has 0 aliphatic rings. The first-order valence-corrected chi connectivity index (χ1v) is 3.56. The Labute approximate surface area is 55.0 Å². The van der Waals surface area contributed by atoms with Crippen LogP contribution in [0.5, 0.6) is 0 Å². The Morgan fingerprint density at radius 1 is 1.38 bits per heavy atom. The van der Waals surface area contributed by atoms with Crippen molar-refractivity contribution in [3.8, 4) is 0 Å². The van der Waals surface area contributed by atoms with Crippen molar-refractivity contribution in [3.05, 3.63) is 0 Å². The van der Waals surface area contributed by atoms with Gasteiger partial charge < -0.3 is 0 Å². The monoisotopic (exact) mass is 133 g/mol. The normalized spacial score (nSPS) is 12.1. The van der Waals surface area contributed by atoms with Crippen LogP contribution in [-0.2, 0) is 15.9 Å². The summed E-state index contributed by atoms with van der Waals surface area (Å²) in [5.41, 5.74) is 0. The Hall–Kier alpha value is 0.0200. The first-order chi connectivity index (χ1) is 3.50. The molecule has 0 spiro atoms. The molecule has 0 saturated heterocycles. The summed E-state index contributed by atoms with van der Waals surface area (Å²) in [7, 11) is 0. The molecule has 0 aromatic rings. The van der Waals surface area contributed by atoms with Crippen LogP contribution in [0.3, 0.4) is 0 Å². The molecular formula is C6H13OS+. The number of rotatable bonds is 2. The van der Waals surface area contributed by atoms with Crippen molar-refractivity contribution in [1.29, 1.82) is 0 Å². The van der Waals surface area contributed by atoms with E-state index in [-0.39, 0.29) is 4.75 Å². The van der Waals surface area contributed by atoms with E-state index < -0.39 is 0 Å². The fourth-order valence-electron chi connectivity index (χ4n) is 0.0962. The Balaban J connectivity index is 3.90. The van der Waals surface area contributed by atoms with Gasteiger partial charge in [0.05, 0.1) is 0 Å². The van der Waals surface area contributed by atoms with E-state index in [0.29, 0.717) is 17.6 Å². The van der Waals surface area contributed by atoms with Crippen molar-refractivity contribution in [2.45, 2.75) is 32.4 Å². The Bertz CT molecular complexity index is 86.5. The minimum Gasteiger partial charge on any atom is -0.0569 e. The van der Waals surface area contributed by atoms with Crippen LogP contribution < -0.4 is 0 Å². The smallest absolute Gasteiger partial charge is 0.0569 e. The van der Waals surface area contributed by atoms with Crippen LogP contribution in [0, 0.1) is 5.92 Å². The Kier molecular flexibility index (Phi) is 2.54. The number of hydrogen-bond acceptors (Lipinski definition) is 1. The van der Waals surface area contributed by atoms with Crippen LogP contribution in [0.1, 0.15) is 27.7 Å². The van der Waals surface area contributed by atoms with Crippen LogP contribution in [-0.4, -0.2) is 4.75 Å². The van der Waals surface area contributed by atoms with Crippen LogP contribution in [0.15, 0.2) is 0 Å². The number of hydrogen-bond donors (Lipinski definition) is 0. The van der Waals surface area contributed by atoms with E-state index in [1.165, 1.54) is 0 Å². The SMILES string of the molecule is CC(C)C(C)(C)[S+]=O. The summed E-state index contributed by atoms with van der Waals surface area (Å²) >= 11 is 0.685. The van der Waals surface area contributed by atoms with Crippen molar-refractivity contribution in [2.24, 2.45) is 5.92 Å². The predicted molar refractivity (Wildman–Crippen MR) is 37.0 cm³/mol. The minimum atomic E-state index is -0.0972. The van der Waals surface area contributed by atoms with Crippen LogP contribution in [0.4, 0.5) is 0 Å². The van der Waals surface area contributed by atoms with Gasteiger partial charge in [-0.2, -0.15) is 0 Å². The zero-order chi connectivity index (χ0) is 6.78. The molecule has 2 heteroatoms. The van der Waals surface area contributed by atoms with Gasteiger partial charge in [0.15, 0.2) is 0 Å². The van der Waals surface area contributed by atoms with Gasteiger partial charge in [0, 0.05) is 24.0 Å². The second-order valence-corrected chi connectivity index (χ2v) is 4.06. The maximum atomic E-state index is 10.3. The van der Waals surface area contributed by atoms with Gasteiger partial charge in [-0.25, -0.2) is 0 Å². The fraction of sp³-hybridized carbons (Fsp3) is 1.00. The van der Waals surface area contributed by atoms with Crippen LogP contribution in [0.25, 0.3) is 0 Å². The van der Waals surface area contributed by atoms with E-state index >= 15 is 0 Å². The van der Waals surface area contributed by atoms with Crippen molar-refractivity contribution >= 4 is 11.7 Å². The van der Waals surface area contributed by atoms with E-state index in [2.05, 4.69) is 13.8 Å². The average molecular weight is 133 g/mol. The molecule has 0 aliphatic carbocycles. The molecule has 1 nitrogen and oxygen atoms in total. The Morgan fingerprint density at radius 2 is 1.75 bits per heavy atom. The first kappa shape index (κ1) is 8.02. The summed E-state index contributed by atoms with van der Waals surface area (Å²) in [6, 6.07) is 0. The molecule has 0 amide bonds. The van der Waals surface area contributed by atoms with Crippen molar-refractivity contribution in [1.82, 2.24) is 0 Å². The molecule has 0 heterocycles. The van der Waals surface area contributed by atoms with E-state index in [0.717, 1.165) is 0 Å². The molecular weight excluding hydrogens is 120 g/mol. The summed E-state index contributed by atoms with van der Waals surface area (Å²) in [5.74, 6) is 0.463. The maximum absolute atomic E-state index is 10.3. The molecule has 0 unspecified atom stereocenters. The molecule has 0 N–H and O–H groups in total. The molecule has 0 fully saturated rings.